The summed E-state index contributed by atoms with van der Waals surface area (Å²) < 4.78 is 40.8. The summed E-state index contributed by atoms with van der Waals surface area (Å²) in [6.07, 6.45) is -3.53. The molecule has 3 aromatic rings. The van der Waals surface area contributed by atoms with Crippen LogP contribution in [-0.2, 0) is 4.79 Å². The lowest BCUT2D eigenvalue weighted by Gasteiger charge is -2.13. The van der Waals surface area contributed by atoms with Crippen molar-refractivity contribution in [2.45, 2.75) is 6.36 Å². The van der Waals surface area contributed by atoms with Crippen molar-refractivity contribution in [2.24, 2.45) is 0 Å². The van der Waals surface area contributed by atoms with Gasteiger partial charge in [-0.1, -0.05) is 47.5 Å². The first-order valence-electron chi connectivity index (χ1n) is 9.31. The Morgan fingerprint density at radius 1 is 0.848 bits per heavy atom. The SMILES string of the molecule is O=C(Nc1ccc(OC(F)(F)F)cc1)/C(=C/c1c(Cl)cccc1Cl)NC(=O)c1ccccc1. The highest BCUT2D eigenvalue weighted by atomic mass is 35.5. The Labute approximate surface area is 196 Å². The number of rotatable bonds is 6. The molecule has 0 saturated carbocycles. The molecule has 10 heteroatoms. The first kappa shape index (κ1) is 24.2. The van der Waals surface area contributed by atoms with Crippen LogP contribution in [0.1, 0.15) is 15.9 Å². The van der Waals surface area contributed by atoms with Crippen LogP contribution >= 0.6 is 23.2 Å². The van der Waals surface area contributed by atoms with E-state index in [-0.39, 0.29) is 21.4 Å². The average molecular weight is 495 g/mol. The van der Waals surface area contributed by atoms with Gasteiger partial charge >= 0.3 is 6.36 Å². The molecule has 0 radical (unpaired) electrons. The molecular weight excluding hydrogens is 480 g/mol. The van der Waals surface area contributed by atoms with E-state index in [9.17, 15) is 22.8 Å². The van der Waals surface area contributed by atoms with Crippen molar-refractivity contribution in [1.29, 1.82) is 0 Å². The number of carbonyl (C=O) groups is 2. The highest BCUT2D eigenvalue weighted by molar-refractivity contribution is 6.37. The molecule has 0 aromatic heterocycles. The molecule has 0 unspecified atom stereocenters. The zero-order chi connectivity index (χ0) is 24.0. The number of hydrogen-bond acceptors (Lipinski definition) is 3. The second-order valence-electron chi connectivity index (χ2n) is 6.54. The van der Waals surface area contributed by atoms with E-state index in [0.717, 1.165) is 12.1 Å². The number of ether oxygens (including phenoxy) is 1. The number of nitrogens with one attached hydrogen (secondary N) is 2. The van der Waals surface area contributed by atoms with E-state index in [4.69, 9.17) is 23.2 Å². The van der Waals surface area contributed by atoms with Crippen molar-refractivity contribution in [2.75, 3.05) is 5.32 Å². The van der Waals surface area contributed by atoms with E-state index < -0.39 is 23.9 Å². The Kier molecular flexibility index (Phi) is 7.63. The molecule has 0 aliphatic rings. The van der Waals surface area contributed by atoms with Crippen LogP contribution in [0.15, 0.2) is 78.5 Å². The molecule has 0 atom stereocenters. The molecule has 0 spiro atoms. The van der Waals surface area contributed by atoms with Crippen LogP contribution in [0.25, 0.3) is 6.08 Å². The second-order valence-corrected chi connectivity index (χ2v) is 7.35. The third-order valence-corrected chi connectivity index (χ3v) is 4.82. The number of hydrogen-bond donors (Lipinski definition) is 2. The van der Waals surface area contributed by atoms with Crippen LogP contribution in [0, 0.1) is 0 Å². The van der Waals surface area contributed by atoms with Gasteiger partial charge in [0.2, 0.25) is 0 Å². The van der Waals surface area contributed by atoms with Gasteiger partial charge in [0, 0.05) is 26.9 Å². The third kappa shape index (κ3) is 7.00. The van der Waals surface area contributed by atoms with Crippen LogP contribution in [0.4, 0.5) is 18.9 Å². The number of halogens is 5. The number of amides is 2. The van der Waals surface area contributed by atoms with E-state index in [1.807, 2.05) is 0 Å². The lowest BCUT2D eigenvalue weighted by atomic mass is 10.1. The van der Waals surface area contributed by atoms with Crippen LogP contribution in [0.3, 0.4) is 0 Å². The van der Waals surface area contributed by atoms with E-state index in [1.54, 1.807) is 48.5 Å². The van der Waals surface area contributed by atoms with Crippen molar-refractivity contribution in [3.63, 3.8) is 0 Å². The quantitative estimate of drug-likeness (QED) is 0.395. The number of benzene rings is 3. The van der Waals surface area contributed by atoms with Gasteiger partial charge < -0.3 is 15.4 Å². The molecule has 0 fully saturated rings. The predicted octanol–water partition coefficient (Wildman–Crippen LogP) is 6.30. The van der Waals surface area contributed by atoms with Gasteiger partial charge in [0.15, 0.2) is 0 Å². The van der Waals surface area contributed by atoms with Crippen molar-refractivity contribution < 1.29 is 27.5 Å². The molecule has 2 amide bonds. The molecule has 2 N–H and O–H groups in total. The lowest BCUT2D eigenvalue weighted by molar-refractivity contribution is -0.274. The van der Waals surface area contributed by atoms with Gasteiger partial charge in [0.1, 0.15) is 11.4 Å². The second kappa shape index (κ2) is 10.4. The minimum Gasteiger partial charge on any atom is -0.406 e. The van der Waals surface area contributed by atoms with E-state index in [2.05, 4.69) is 15.4 Å². The van der Waals surface area contributed by atoms with Gasteiger partial charge in [-0.05, 0) is 54.6 Å². The van der Waals surface area contributed by atoms with E-state index in [1.165, 1.54) is 18.2 Å². The molecule has 0 aliphatic heterocycles. The smallest absolute Gasteiger partial charge is 0.406 e. The van der Waals surface area contributed by atoms with Crippen LogP contribution in [-0.4, -0.2) is 18.2 Å². The average Bonchev–Trinajstić information content (AvgIpc) is 2.76. The maximum absolute atomic E-state index is 12.9. The Morgan fingerprint density at radius 3 is 2.03 bits per heavy atom. The first-order valence-corrected chi connectivity index (χ1v) is 10.1. The molecule has 170 valence electrons. The summed E-state index contributed by atoms with van der Waals surface area (Å²) in [5.74, 6) is -1.76. The third-order valence-electron chi connectivity index (χ3n) is 4.16. The van der Waals surface area contributed by atoms with Gasteiger partial charge in [-0.2, -0.15) is 0 Å². The minimum atomic E-state index is -4.84. The summed E-state index contributed by atoms with van der Waals surface area (Å²) in [5.41, 5.74) is 0.581. The number of alkyl halides is 3. The summed E-state index contributed by atoms with van der Waals surface area (Å²) in [6.45, 7) is 0. The normalized spacial score (nSPS) is 11.6. The zero-order valence-corrected chi connectivity index (χ0v) is 18.1. The maximum atomic E-state index is 12.9. The Balaban J connectivity index is 1.87. The fourth-order valence-electron chi connectivity index (χ4n) is 2.67. The molecule has 5 nitrogen and oxygen atoms in total. The van der Waals surface area contributed by atoms with Crippen LogP contribution in [0.5, 0.6) is 5.75 Å². The molecule has 3 aromatic carbocycles. The van der Waals surface area contributed by atoms with E-state index >= 15 is 0 Å². The summed E-state index contributed by atoms with van der Waals surface area (Å²) in [4.78, 5) is 25.6. The van der Waals surface area contributed by atoms with Crippen molar-refractivity contribution in [1.82, 2.24) is 5.32 Å². The van der Waals surface area contributed by atoms with Gasteiger partial charge in [-0.3, -0.25) is 9.59 Å². The Bertz CT molecular complexity index is 1160. The molecule has 3 rings (SSSR count). The topological polar surface area (TPSA) is 67.4 Å². The minimum absolute atomic E-state index is 0.166. The van der Waals surface area contributed by atoms with E-state index in [0.29, 0.717) is 11.1 Å². The van der Waals surface area contributed by atoms with Gasteiger partial charge in [-0.25, -0.2) is 0 Å². The van der Waals surface area contributed by atoms with Crippen molar-refractivity contribution in [3.05, 3.63) is 99.7 Å². The van der Waals surface area contributed by atoms with Crippen molar-refractivity contribution in [3.8, 4) is 5.75 Å². The fraction of sp³-hybridized carbons (Fsp3) is 0.0435. The lowest BCUT2D eigenvalue weighted by Crippen LogP contribution is -2.30. The molecular formula is C23H15Cl2F3N2O3. The summed E-state index contributed by atoms with van der Waals surface area (Å²) in [5, 5.41) is 5.51. The van der Waals surface area contributed by atoms with Crippen LogP contribution < -0.4 is 15.4 Å². The highest BCUT2D eigenvalue weighted by Crippen LogP contribution is 2.27. The van der Waals surface area contributed by atoms with Crippen LogP contribution in [0.2, 0.25) is 10.0 Å². The summed E-state index contributed by atoms with van der Waals surface area (Å²) in [7, 11) is 0. The molecule has 33 heavy (non-hydrogen) atoms. The monoisotopic (exact) mass is 494 g/mol. The summed E-state index contributed by atoms with van der Waals surface area (Å²) in [6, 6.07) is 17.4. The van der Waals surface area contributed by atoms with Gasteiger partial charge in [-0.15, -0.1) is 13.2 Å². The molecule has 0 bridgehead atoms. The fourth-order valence-corrected chi connectivity index (χ4v) is 3.18. The first-order chi connectivity index (χ1) is 15.6. The molecule has 0 heterocycles. The Morgan fingerprint density at radius 2 is 1.45 bits per heavy atom. The maximum Gasteiger partial charge on any atom is 0.573 e. The molecule has 0 aliphatic carbocycles. The number of anilines is 1. The predicted molar refractivity (Wildman–Crippen MR) is 120 cm³/mol. The summed E-state index contributed by atoms with van der Waals surface area (Å²) >= 11 is 12.4. The zero-order valence-electron chi connectivity index (χ0n) is 16.6. The standard InChI is InChI=1S/C23H15Cl2F3N2O3/c24-18-7-4-8-19(25)17(18)13-20(30-21(31)14-5-2-1-3-6-14)22(32)29-15-9-11-16(12-10-15)33-23(26,27)28/h1-13H,(H,29,32)(H,30,31)/b20-13-. The highest BCUT2D eigenvalue weighted by Gasteiger charge is 2.31. The van der Waals surface area contributed by atoms with Crippen molar-refractivity contribution >= 4 is 46.8 Å². The Hall–Kier alpha value is -3.49. The largest absolute Gasteiger partial charge is 0.573 e. The van der Waals surface area contributed by atoms with Gasteiger partial charge in [0.25, 0.3) is 11.8 Å². The number of carbonyl (C=O) groups excluding carboxylic acids is 2. The van der Waals surface area contributed by atoms with Gasteiger partial charge in [0.05, 0.1) is 0 Å². The molecule has 0 saturated heterocycles.